The van der Waals surface area contributed by atoms with Crippen LogP contribution >= 0.6 is 0 Å². The highest BCUT2D eigenvalue weighted by molar-refractivity contribution is 7.92. The van der Waals surface area contributed by atoms with E-state index in [2.05, 4.69) is 11.6 Å². The van der Waals surface area contributed by atoms with Gasteiger partial charge in [0.2, 0.25) is 0 Å². The molecule has 2 aromatic carbocycles. The van der Waals surface area contributed by atoms with Crippen LogP contribution in [0.4, 0.5) is 10.1 Å². The maximum absolute atomic E-state index is 13.3. The SMILES string of the molecule is Cc1cc(F)ccc1S(=O)(=O)Nc1ccc2oc3c(c2c1)C[C@H](C)CC3. The Morgan fingerprint density at radius 2 is 2.00 bits per heavy atom. The Morgan fingerprint density at radius 3 is 2.77 bits per heavy atom. The zero-order valence-electron chi connectivity index (χ0n) is 14.7. The van der Waals surface area contributed by atoms with Crippen LogP contribution < -0.4 is 4.72 Å². The molecule has 4 nitrogen and oxygen atoms in total. The summed E-state index contributed by atoms with van der Waals surface area (Å²) in [6.07, 6.45) is 2.97. The van der Waals surface area contributed by atoms with Crippen LogP contribution in [0.15, 0.2) is 45.7 Å². The van der Waals surface area contributed by atoms with Crippen LogP contribution in [0.1, 0.15) is 30.2 Å². The van der Waals surface area contributed by atoms with Gasteiger partial charge >= 0.3 is 0 Å². The number of aryl methyl sites for hydroxylation is 2. The fraction of sp³-hybridized carbons (Fsp3) is 0.300. The number of benzene rings is 2. The van der Waals surface area contributed by atoms with Crippen molar-refractivity contribution in [2.45, 2.75) is 38.0 Å². The van der Waals surface area contributed by atoms with E-state index in [-0.39, 0.29) is 4.90 Å². The van der Waals surface area contributed by atoms with E-state index in [0.29, 0.717) is 17.2 Å². The van der Waals surface area contributed by atoms with Crippen LogP contribution in [0, 0.1) is 18.7 Å². The second-order valence-corrected chi connectivity index (χ2v) is 8.73. The Hall–Kier alpha value is -2.34. The number of halogens is 1. The second kappa shape index (κ2) is 6.13. The summed E-state index contributed by atoms with van der Waals surface area (Å²) in [6.45, 7) is 3.79. The van der Waals surface area contributed by atoms with Crippen molar-refractivity contribution in [3.63, 3.8) is 0 Å². The minimum atomic E-state index is -3.79. The number of anilines is 1. The Bertz CT molecular complexity index is 1100. The summed E-state index contributed by atoms with van der Waals surface area (Å²) in [4.78, 5) is 0.0711. The normalized spacial score (nSPS) is 17.3. The molecule has 0 radical (unpaired) electrons. The van der Waals surface area contributed by atoms with Gasteiger partial charge in [-0.2, -0.15) is 0 Å². The minimum Gasteiger partial charge on any atom is -0.461 e. The van der Waals surface area contributed by atoms with Gasteiger partial charge in [0.05, 0.1) is 4.90 Å². The van der Waals surface area contributed by atoms with E-state index in [1.165, 1.54) is 17.7 Å². The molecule has 1 aromatic heterocycles. The highest BCUT2D eigenvalue weighted by Gasteiger charge is 2.23. The van der Waals surface area contributed by atoms with Crippen LogP contribution in [0.25, 0.3) is 11.0 Å². The second-order valence-electron chi connectivity index (χ2n) is 7.08. The minimum absolute atomic E-state index is 0.0711. The lowest BCUT2D eigenvalue weighted by Gasteiger charge is -2.16. The van der Waals surface area contributed by atoms with Crippen molar-refractivity contribution in [1.82, 2.24) is 0 Å². The smallest absolute Gasteiger partial charge is 0.262 e. The predicted octanol–water partition coefficient (Wildman–Crippen LogP) is 4.81. The average Bonchev–Trinajstić information content (AvgIpc) is 2.91. The van der Waals surface area contributed by atoms with E-state index >= 15 is 0 Å². The van der Waals surface area contributed by atoms with Gasteiger partial charge in [0.25, 0.3) is 10.0 Å². The first-order valence-electron chi connectivity index (χ1n) is 8.67. The van der Waals surface area contributed by atoms with Gasteiger partial charge in [-0.3, -0.25) is 4.72 Å². The molecule has 0 saturated heterocycles. The Kier molecular flexibility index (Phi) is 4.03. The maximum atomic E-state index is 13.3. The van der Waals surface area contributed by atoms with E-state index in [1.807, 2.05) is 6.07 Å². The summed E-state index contributed by atoms with van der Waals surface area (Å²) >= 11 is 0. The standard InChI is InChI=1S/C20H20FNO3S/c1-12-3-6-18-16(9-12)17-11-15(5-7-19(17)25-18)22-26(23,24)20-8-4-14(21)10-13(20)2/h4-5,7-8,10-12,22H,3,6,9H2,1-2H3/t12-/m1/s1. The Labute approximate surface area is 152 Å². The highest BCUT2D eigenvalue weighted by Crippen LogP contribution is 2.35. The summed E-state index contributed by atoms with van der Waals surface area (Å²) in [5.74, 6) is 1.14. The quantitative estimate of drug-likeness (QED) is 0.717. The van der Waals surface area contributed by atoms with Gasteiger partial charge in [0.1, 0.15) is 17.2 Å². The van der Waals surface area contributed by atoms with Gasteiger partial charge in [-0.1, -0.05) is 6.92 Å². The molecule has 4 rings (SSSR count). The number of fused-ring (bicyclic) bond motifs is 3. The van der Waals surface area contributed by atoms with Crippen molar-refractivity contribution >= 4 is 26.7 Å². The molecule has 0 bridgehead atoms. The summed E-state index contributed by atoms with van der Waals surface area (Å²) in [5.41, 5.74) is 2.80. The molecule has 136 valence electrons. The van der Waals surface area contributed by atoms with Gasteiger partial charge in [0, 0.05) is 23.1 Å². The Balaban J connectivity index is 1.72. The third kappa shape index (κ3) is 2.98. The van der Waals surface area contributed by atoms with Crippen LogP contribution in [-0.4, -0.2) is 8.42 Å². The zero-order chi connectivity index (χ0) is 18.5. The first-order valence-corrected chi connectivity index (χ1v) is 10.1. The van der Waals surface area contributed by atoms with Crippen molar-refractivity contribution in [2.75, 3.05) is 4.72 Å². The largest absolute Gasteiger partial charge is 0.461 e. The molecule has 0 saturated carbocycles. The summed E-state index contributed by atoms with van der Waals surface area (Å²) < 4.78 is 47.2. The van der Waals surface area contributed by atoms with E-state index in [0.717, 1.165) is 42.1 Å². The molecule has 0 unspecified atom stereocenters. The summed E-state index contributed by atoms with van der Waals surface area (Å²) in [7, 11) is -3.79. The molecule has 26 heavy (non-hydrogen) atoms. The first-order chi connectivity index (χ1) is 12.3. The Morgan fingerprint density at radius 1 is 1.19 bits per heavy atom. The number of hydrogen-bond acceptors (Lipinski definition) is 3. The molecule has 1 aliphatic carbocycles. The molecular weight excluding hydrogens is 353 g/mol. The molecule has 0 aliphatic heterocycles. The molecular formula is C20H20FNO3S. The molecule has 1 atom stereocenters. The molecule has 1 aliphatic rings. The van der Waals surface area contributed by atoms with Gasteiger partial charge in [-0.05, 0) is 67.6 Å². The van der Waals surface area contributed by atoms with E-state index in [4.69, 9.17) is 4.42 Å². The van der Waals surface area contributed by atoms with Crippen molar-refractivity contribution in [2.24, 2.45) is 5.92 Å². The number of nitrogens with one attached hydrogen (secondary N) is 1. The van der Waals surface area contributed by atoms with E-state index in [1.54, 1.807) is 19.1 Å². The van der Waals surface area contributed by atoms with Crippen LogP contribution in [0.5, 0.6) is 0 Å². The number of furan rings is 1. The van der Waals surface area contributed by atoms with Gasteiger partial charge in [-0.15, -0.1) is 0 Å². The van der Waals surface area contributed by atoms with E-state index < -0.39 is 15.8 Å². The zero-order valence-corrected chi connectivity index (χ0v) is 15.5. The fourth-order valence-corrected chi connectivity index (χ4v) is 4.92. The molecule has 1 N–H and O–H groups in total. The third-order valence-electron chi connectivity index (χ3n) is 4.97. The first kappa shape index (κ1) is 17.1. The third-order valence-corrected chi connectivity index (χ3v) is 6.51. The van der Waals surface area contributed by atoms with Gasteiger partial charge in [-0.25, -0.2) is 12.8 Å². The van der Waals surface area contributed by atoms with Crippen molar-refractivity contribution < 1.29 is 17.2 Å². The molecule has 3 aromatic rings. The molecule has 6 heteroatoms. The summed E-state index contributed by atoms with van der Waals surface area (Å²) in [5, 5.41) is 0.961. The maximum Gasteiger partial charge on any atom is 0.262 e. The summed E-state index contributed by atoms with van der Waals surface area (Å²) in [6, 6.07) is 8.97. The lowest BCUT2D eigenvalue weighted by atomic mass is 9.88. The van der Waals surface area contributed by atoms with Crippen LogP contribution in [0.2, 0.25) is 0 Å². The number of rotatable bonds is 3. The van der Waals surface area contributed by atoms with Crippen LogP contribution in [-0.2, 0) is 22.9 Å². The van der Waals surface area contributed by atoms with Crippen molar-refractivity contribution in [3.05, 3.63) is 59.1 Å². The van der Waals surface area contributed by atoms with Crippen molar-refractivity contribution in [1.29, 1.82) is 0 Å². The van der Waals surface area contributed by atoms with Crippen molar-refractivity contribution in [3.8, 4) is 0 Å². The van der Waals surface area contributed by atoms with E-state index in [9.17, 15) is 12.8 Å². The molecule has 0 fully saturated rings. The lowest BCUT2D eigenvalue weighted by molar-refractivity contribution is 0.438. The number of hydrogen-bond donors (Lipinski definition) is 1. The molecule has 0 amide bonds. The average molecular weight is 373 g/mol. The fourth-order valence-electron chi connectivity index (χ4n) is 3.64. The number of sulfonamides is 1. The predicted molar refractivity (Wildman–Crippen MR) is 99.3 cm³/mol. The topological polar surface area (TPSA) is 59.3 Å². The molecule has 0 spiro atoms. The lowest BCUT2D eigenvalue weighted by Crippen LogP contribution is -2.14. The van der Waals surface area contributed by atoms with Gasteiger partial charge < -0.3 is 4.42 Å². The molecule has 1 heterocycles. The van der Waals surface area contributed by atoms with Crippen LogP contribution in [0.3, 0.4) is 0 Å². The highest BCUT2D eigenvalue weighted by atomic mass is 32.2. The monoisotopic (exact) mass is 373 g/mol. The van der Waals surface area contributed by atoms with Gasteiger partial charge in [0.15, 0.2) is 0 Å².